The van der Waals surface area contributed by atoms with Crippen LogP contribution in [0.15, 0.2) is 364 Å². The maximum absolute atomic E-state index is 5.40. The van der Waals surface area contributed by atoms with Crippen molar-refractivity contribution >= 4 is 131 Å². The van der Waals surface area contributed by atoms with Gasteiger partial charge < -0.3 is 27.4 Å². The van der Waals surface area contributed by atoms with E-state index in [-0.39, 0.29) is 0 Å². The number of aromatic nitrogens is 12. The molecule has 660 valence electrons. The number of hydrogen-bond donors (Lipinski definition) is 0. The van der Waals surface area contributed by atoms with E-state index in [9.17, 15) is 0 Å². The van der Waals surface area contributed by atoms with Crippen LogP contribution >= 0.6 is 0 Å². The first kappa shape index (κ1) is 82.7. The third-order valence-corrected chi connectivity index (χ3v) is 27.9. The van der Waals surface area contributed by atoms with Crippen molar-refractivity contribution in [2.24, 2.45) is 0 Å². The van der Waals surface area contributed by atoms with Gasteiger partial charge >= 0.3 is 0 Å². The molecule has 138 heavy (non-hydrogen) atoms. The quantitative estimate of drug-likeness (QED) is 0.121. The molecular formula is C126H96N12. The number of hydrogen-bond acceptors (Lipinski definition) is 6. The van der Waals surface area contributed by atoms with E-state index in [1.54, 1.807) is 0 Å². The minimum atomic E-state index is 0.588. The Morgan fingerprint density at radius 3 is 0.406 bits per heavy atom. The average molecular weight is 1780 g/mol. The number of nitrogens with zero attached hydrogens (tertiary/aromatic N) is 12. The van der Waals surface area contributed by atoms with Crippen LogP contribution in [0.1, 0.15) is 66.8 Å². The van der Waals surface area contributed by atoms with Crippen LogP contribution < -0.4 is 0 Å². The lowest BCUT2D eigenvalue weighted by Crippen LogP contribution is -2.10. The Kier molecular flexibility index (Phi) is 19.3. The molecule has 26 aromatic rings. The molecule has 0 N–H and O–H groups in total. The SMILES string of the molecule is Cc1ccc2c(c1)c1cc(C)ccc1n2-c1cc(-c2nc(-c3ccccc3)nc(-c3ccccc3)n2)cc(-n2c3ccc(C)cc3c3cc(C)ccc32)c1-n1c2ccc(C)cc2c2cc(C)ccc21.Cc1ccc2c(c1)c1cc(C)ccc1n2-c1cc(-c2nc(-c3ccccc3)nc(-c3ccccc3)n2)cc(-n2c3ccc(C)cc3c3cc(C)ccc32)c1-n1c2ccc(C)cc2c2cc(C)ccc21. The van der Waals surface area contributed by atoms with Gasteiger partial charge in [0.05, 0.1) is 100 Å². The third-order valence-electron chi connectivity index (χ3n) is 27.9. The standard InChI is InChI=1S/2C63H48N6/c2*1-37-17-23-52-46(29-37)47-30-38(2)18-24-53(47)67(52)58-35-45(63-65-61(43-13-9-7-10-14-43)64-62(66-63)44-15-11-8-12-16-44)36-59(68-54-25-19-39(3)31-48(54)49-32-40(4)20-26-55(49)68)60(58)69-56-27-21-41(5)33-50(56)51-34-42(6)22-28-57(51)69/h2*7-36H,1-6H3. The summed E-state index contributed by atoms with van der Waals surface area (Å²) < 4.78 is 15.0. The summed E-state index contributed by atoms with van der Waals surface area (Å²) >= 11 is 0. The highest BCUT2D eigenvalue weighted by molar-refractivity contribution is 6.18. The van der Waals surface area contributed by atoms with Crippen LogP contribution in [0.3, 0.4) is 0 Å². The van der Waals surface area contributed by atoms with E-state index < -0.39 is 0 Å². The highest BCUT2D eigenvalue weighted by Crippen LogP contribution is 2.50. The molecule has 18 aromatic carbocycles. The lowest BCUT2D eigenvalue weighted by molar-refractivity contribution is 1.04. The molecule has 12 heteroatoms. The van der Waals surface area contributed by atoms with Gasteiger partial charge in [-0.25, -0.2) is 29.9 Å². The zero-order valence-electron chi connectivity index (χ0n) is 79.0. The summed E-state index contributed by atoms with van der Waals surface area (Å²) in [7, 11) is 0. The minimum Gasteiger partial charge on any atom is -0.307 e. The molecule has 0 bridgehead atoms. The largest absolute Gasteiger partial charge is 0.307 e. The average Bonchev–Trinajstić information content (AvgIpc) is 1.54. The Labute approximate surface area is 799 Å². The summed E-state index contributed by atoms with van der Waals surface area (Å²) in [6, 6.07) is 133. The van der Waals surface area contributed by atoms with Crippen LogP contribution in [0, 0.1) is 83.1 Å². The number of rotatable bonds is 12. The second-order valence-corrected chi connectivity index (χ2v) is 38.1. The molecule has 0 aliphatic rings. The Hall–Kier alpha value is -17.2. The van der Waals surface area contributed by atoms with Crippen molar-refractivity contribution < 1.29 is 0 Å². The van der Waals surface area contributed by atoms with Crippen LogP contribution in [-0.4, -0.2) is 57.3 Å². The van der Waals surface area contributed by atoms with Crippen LogP contribution in [0.4, 0.5) is 0 Å². The van der Waals surface area contributed by atoms with Gasteiger partial charge in [-0.2, -0.15) is 0 Å². The van der Waals surface area contributed by atoms with Crippen molar-refractivity contribution in [2.45, 2.75) is 83.1 Å². The molecule has 0 fully saturated rings. The molecule has 0 aliphatic carbocycles. The Bertz CT molecular complexity index is 8280. The molecule has 0 spiro atoms. The summed E-state index contributed by atoms with van der Waals surface area (Å²) in [5, 5.41) is 14.5. The van der Waals surface area contributed by atoms with Gasteiger partial charge in [0.2, 0.25) is 0 Å². The molecule has 0 saturated heterocycles. The fraction of sp³-hybridized carbons (Fsp3) is 0.0952. The number of benzene rings is 18. The van der Waals surface area contributed by atoms with E-state index >= 15 is 0 Å². The Balaban J connectivity index is 0.000000146. The third kappa shape index (κ3) is 13.7. The smallest absolute Gasteiger partial charge is 0.164 e. The van der Waals surface area contributed by atoms with Crippen LogP contribution in [0.5, 0.6) is 0 Å². The van der Waals surface area contributed by atoms with Gasteiger partial charge in [0, 0.05) is 98.0 Å². The summed E-state index contributed by atoms with van der Waals surface area (Å²) in [6.07, 6.45) is 0. The summed E-state index contributed by atoms with van der Waals surface area (Å²) in [4.78, 5) is 31.9. The zero-order valence-corrected chi connectivity index (χ0v) is 79.0. The van der Waals surface area contributed by atoms with Crippen molar-refractivity contribution in [2.75, 3.05) is 0 Å². The molecule has 0 saturated carbocycles. The second-order valence-electron chi connectivity index (χ2n) is 38.1. The van der Waals surface area contributed by atoms with Crippen molar-refractivity contribution in [3.63, 3.8) is 0 Å². The zero-order chi connectivity index (χ0) is 93.3. The fourth-order valence-corrected chi connectivity index (χ4v) is 21.5. The molecule has 0 unspecified atom stereocenters. The predicted octanol–water partition coefficient (Wildman–Crippen LogP) is 32.0. The van der Waals surface area contributed by atoms with E-state index in [2.05, 4.69) is 402 Å². The van der Waals surface area contributed by atoms with E-state index in [1.807, 2.05) is 72.8 Å². The van der Waals surface area contributed by atoms with Crippen molar-refractivity contribution in [1.29, 1.82) is 0 Å². The monoisotopic (exact) mass is 1780 g/mol. The predicted molar refractivity (Wildman–Crippen MR) is 575 cm³/mol. The molecule has 8 aromatic heterocycles. The van der Waals surface area contributed by atoms with Gasteiger partial charge in [-0.1, -0.05) is 261 Å². The lowest BCUT2D eigenvalue weighted by atomic mass is 10.1. The highest BCUT2D eigenvalue weighted by atomic mass is 15.1. The normalized spacial score (nSPS) is 11.9. The van der Waals surface area contributed by atoms with Gasteiger partial charge in [-0.3, -0.25) is 0 Å². The molecule has 12 nitrogen and oxygen atoms in total. The van der Waals surface area contributed by atoms with Crippen molar-refractivity contribution in [1.82, 2.24) is 57.3 Å². The van der Waals surface area contributed by atoms with Gasteiger partial charge in [-0.15, -0.1) is 0 Å². The molecular weight excluding hydrogens is 1680 g/mol. The number of aryl methyl sites for hydroxylation is 12. The first-order chi connectivity index (χ1) is 67.3. The first-order valence-corrected chi connectivity index (χ1v) is 47.5. The highest BCUT2D eigenvalue weighted by Gasteiger charge is 2.32. The van der Waals surface area contributed by atoms with Crippen LogP contribution in [-0.2, 0) is 0 Å². The van der Waals surface area contributed by atoms with E-state index in [4.69, 9.17) is 29.9 Å². The molecule has 8 heterocycles. The second kappa shape index (κ2) is 32.3. The van der Waals surface area contributed by atoms with Crippen LogP contribution in [0.25, 0.3) is 233 Å². The molecule has 0 aliphatic heterocycles. The summed E-state index contributed by atoms with van der Waals surface area (Å²) in [5.41, 5.74) is 39.7. The van der Waals surface area contributed by atoms with E-state index in [0.29, 0.717) is 34.9 Å². The topological polar surface area (TPSA) is 107 Å². The van der Waals surface area contributed by atoms with Gasteiger partial charge in [0.1, 0.15) is 0 Å². The van der Waals surface area contributed by atoms with E-state index in [0.717, 1.165) is 134 Å². The van der Waals surface area contributed by atoms with Crippen LogP contribution in [0.2, 0.25) is 0 Å². The molecule has 0 atom stereocenters. The van der Waals surface area contributed by atoms with Crippen molar-refractivity contribution in [3.8, 4) is 102 Å². The maximum atomic E-state index is 5.40. The van der Waals surface area contributed by atoms with Gasteiger partial charge in [-0.05, 0) is 253 Å². The molecule has 0 radical (unpaired) electrons. The summed E-state index contributed by atoms with van der Waals surface area (Å²) in [5.74, 6) is 3.64. The molecule has 26 rings (SSSR count). The summed E-state index contributed by atoms with van der Waals surface area (Å²) in [6.45, 7) is 26.3. The fourth-order valence-electron chi connectivity index (χ4n) is 21.5. The Morgan fingerprint density at radius 2 is 0.261 bits per heavy atom. The van der Waals surface area contributed by atoms with Gasteiger partial charge in [0.25, 0.3) is 0 Å². The Morgan fingerprint density at radius 1 is 0.130 bits per heavy atom. The first-order valence-electron chi connectivity index (χ1n) is 47.5. The number of fused-ring (bicyclic) bond motifs is 18. The van der Waals surface area contributed by atoms with E-state index in [1.165, 1.54) is 131 Å². The molecule has 0 amide bonds. The van der Waals surface area contributed by atoms with Gasteiger partial charge in [0.15, 0.2) is 34.9 Å². The lowest BCUT2D eigenvalue weighted by Gasteiger charge is -2.23. The van der Waals surface area contributed by atoms with Crippen molar-refractivity contribution in [3.05, 3.63) is 431 Å². The maximum Gasteiger partial charge on any atom is 0.164 e. The minimum absolute atomic E-state index is 0.588.